The molecule has 0 saturated carbocycles. The smallest absolute Gasteiger partial charge is 0.0650 e. The highest BCUT2D eigenvalue weighted by atomic mass is 15.1. The first-order valence-corrected chi connectivity index (χ1v) is 8.53. The Hall–Kier alpha value is -1.39. The lowest BCUT2D eigenvalue weighted by Crippen LogP contribution is -2.27. The molecule has 122 valence electrons. The molecule has 0 amide bonds. The fraction of sp³-hybridized carbons (Fsp3) is 0.611. The van der Waals surface area contributed by atoms with Gasteiger partial charge in [0.1, 0.15) is 0 Å². The minimum Gasteiger partial charge on any atom is -0.316 e. The number of H-pyrrole nitrogens is 1. The van der Waals surface area contributed by atoms with Crippen molar-refractivity contribution in [1.29, 1.82) is 0 Å². The highest BCUT2D eigenvalue weighted by molar-refractivity contribution is 5.77. The van der Waals surface area contributed by atoms with Crippen molar-refractivity contribution in [3.05, 3.63) is 30.5 Å². The normalized spacial score (nSPS) is 21.6. The summed E-state index contributed by atoms with van der Waals surface area (Å²) in [4.78, 5) is 2.36. The number of aromatic amines is 1. The van der Waals surface area contributed by atoms with Crippen LogP contribution in [0.25, 0.3) is 10.9 Å². The molecule has 2 N–H and O–H groups in total. The second-order valence-electron chi connectivity index (χ2n) is 6.42. The fourth-order valence-corrected chi connectivity index (χ4v) is 2.78. The number of aromatic nitrogens is 2. The minimum atomic E-state index is 0.925. The summed E-state index contributed by atoms with van der Waals surface area (Å²) in [5.74, 6) is 0.925. The van der Waals surface area contributed by atoms with Gasteiger partial charge in [-0.1, -0.05) is 25.1 Å². The maximum Gasteiger partial charge on any atom is 0.0650 e. The summed E-state index contributed by atoms with van der Waals surface area (Å²) in [5.41, 5.74) is 1.09. The van der Waals surface area contributed by atoms with Gasteiger partial charge >= 0.3 is 0 Å². The Morgan fingerprint density at radius 3 is 2.41 bits per heavy atom. The van der Waals surface area contributed by atoms with E-state index in [1.165, 1.54) is 51.9 Å². The van der Waals surface area contributed by atoms with E-state index in [1.54, 1.807) is 0 Å². The zero-order chi connectivity index (χ0) is 15.6. The number of nitrogens with one attached hydrogen (secondary N) is 2. The maximum atomic E-state index is 3.88. The molecule has 1 atom stereocenters. The van der Waals surface area contributed by atoms with Gasteiger partial charge in [-0.3, -0.25) is 5.10 Å². The van der Waals surface area contributed by atoms with E-state index >= 15 is 0 Å². The molecule has 2 fully saturated rings. The molecule has 0 bridgehead atoms. The molecule has 0 spiro atoms. The van der Waals surface area contributed by atoms with Gasteiger partial charge in [-0.05, 0) is 70.9 Å². The molecule has 0 radical (unpaired) electrons. The number of rotatable bonds is 0. The van der Waals surface area contributed by atoms with E-state index in [4.69, 9.17) is 0 Å². The Morgan fingerprint density at radius 2 is 1.91 bits per heavy atom. The third-order valence-electron chi connectivity index (χ3n) is 4.22. The van der Waals surface area contributed by atoms with Crippen LogP contribution >= 0.6 is 0 Å². The van der Waals surface area contributed by atoms with Crippen LogP contribution in [0.1, 0.15) is 32.6 Å². The number of benzene rings is 1. The number of fused-ring (bicyclic) bond motifs is 1. The van der Waals surface area contributed by atoms with E-state index in [9.17, 15) is 0 Å². The average molecular weight is 302 g/mol. The molecule has 3 heterocycles. The van der Waals surface area contributed by atoms with Crippen molar-refractivity contribution in [1.82, 2.24) is 20.4 Å². The zero-order valence-electron chi connectivity index (χ0n) is 14.0. The lowest BCUT2D eigenvalue weighted by molar-refractivity contribution is 0.405. The summed E-state index contributed by atoms with van der Waals surface area (Å²) < 4.78 is 0. The predicted octanol–water partition coefficient (Wildman–Crippen LogP) is 3.28. The van der Waals surface area contributed by atoms with Crippen molar-refractivity contribution < 1.29 is 0 Å². The molecule has 22 heavy (non-hydrogen) atoms. The van der Waals surface area contributed by atoms with Crippen LogP contribution in [0.15, 0.2) is 30.5 Å². The van der Waals surface area contributed by atoms with Crippen LogP contribution in [0.2, 0.25) is 0 Å². The maximum absolute atomic E-state index is 3.88. The van der Waals surface area contributed by atoms with Crippen molar-refractivity contribution in [3.63, 3.8) is 0 Å². The third kappa shape index (κ3) is 6.16. The SMILES string of the molecule is CC1CCCNC1.CN1CCCC1.c1ccc2[nH]ncc2c1. The average Bonchev–Trinajstić information content (AvgIpc) is 3.20. The van der Waals surface area contributed by atoms with Gasteiger partial charge in [0, 0.05) is 5.39 Å². The molecule has 2 aliphatic rings. The van der Waals surface area contributed by atoms with Crippen LogP contribution in [0.4, 0.5) is 0 Å². The molecule has 1 aromatic carbocycles. The molecule has 4 nitrogen and oxygen atoms in total. The van der Waals surface area contributed by atoms with Crippen LogP contribution in [0.3, 0.4) is 0 Å². The van der Waals surface area contributed by atoms with Gasteiger partial charge in [0.2, 0.25) is 0 Å². The van der Waals surface area contributed by atoms with Crippen molar-refractivity contribution in [3.8, 4) is 0 Å². The van der Waals surface area contributed by atoms with Crippen LogP contribution < -0.4 is 5.32 Å². The first-order valence-electron chi connectivity index (χ1n) is 8.53. The highest BCUT2D eigenvalue weighted by Crippen LogP contribution is 2.07. The third-order valence-corrected chi connectivity index (χ3v) is 4.22. The van der Waals surface area contributed by atoms with Crippen molar-refractivity contribution in [2.24, 2.45) is 5.92 Å². The zero-order valence-corrected chi connectivity index (χ0v) is 14.0. The number of nitrogens with zero attached hydrogens (tertiary/aromatic N) is 2. The molecule has 2 aliphatic heterocycles. The first kappa shape index (κ1) is 17.0. The summed E-state index contributed by atoms with van der Waals surface area (Å²) in [7, 11) is 2.17. The topological polar surface area (TPSA) is 44.0 Å². The first-order chi connectivity index (χ1) is 10.8. The van der Waals surface area contributed by atoms with Gasteiger partial charge in [-0.15, -0.1) is 0 Å². The number of piperidine rings is 1. The molecular formula is C18H30N4. The summed E-state index contributed by atoms with van der Waals surface area (Å²) in [5, 5.41) is 11.2. The van der Waals surface area contributed by atoms with Crippen LogP contribution in [-0.4, -0.2) is 48.3 Å². The van der Waals surface area contributed by atoms with Gasteiger partial charge < -0.3 is 10.2 Å². The van der Waals surface area contributed by atoms with E-state index in [0.29, 0.717) is 0 Å². The Balaban J connectivity index is 0.000000124. The van der Waals surface area contributed by atoms with Gasteiger partial charge in [-0.25, -0.2) is 0 Å². The summed E-state index contributed by atoms with van der Waals surface area (Å²) in [6.45, 7) is 7.41. The number of likely N-dealkylation sites (tertiary alicyclic amines) is 1. The lowest BCUT2D eigenvalue weighted by Gasteiger charge is -2.17. The number of para-hydroxylation sites is 1. The predicted molar refractivity (Wildman–Crippen MR) is 94.1 cm³/mol. The number of hydrogen-bond donors (Lipinski definition) is 2. The van der Waals surface area contributed by atoms with Gasteiger partial charge in [-0.2, -0.15) is 5.10 Å². The monoisotopic (exact) mass is 302 g/mol. The fourth-order valence-electron chi connectivity index (χ4n) is 2.78. The van der Waals surface area contributed by atoms with Crippen molar-refractivity contribution in [2.45, 2.75) is 32.6 Å². The molecule has 2 saturated heterocycles. The van der Waals surface area contributed by atoms with Gasteiger partial charge in [0.25, 0.3) is 0 Å². The van der Waals surface area contributed by atoms with Crippen molar-refractivity contribution in [2.75, 3.05) is 33.2 Å². The Bertz CT molecular complexity index is 480. The van der Waals surface area contributed by atoms with E-state index in [1.807, 2.05) is 30.5 Å². The van der Waals surface area contributed by atoms with Crippen LogP contribution in [-0.2, 0) is 0 Å². The van der Waals surface area contributed by atoms with E-state index in [-0.39, 0.29) is 0 Å². The summed E-state index contributed by atoms with van der Waals surface area (Å²) in [6, 6.07) is 8.01. The largest absolute Gasteiger partial charge is 0.316 e. The quantitative estimate of drug-likeness (QED) is 0.785. The van der Waals surface area contributed by atoms with E-state index in [0.717, 1.165) is 16.8 Å². The van der Waals surface area contributed by atoms with E-state index in [2.05, 4.69) is 34.4 Å². The molecule has 1 aromatic heterocycles. The Kier molecular flexibility index (Phi) is 7.40. The molecule has 4 heteroatoms. The standard InChI is InChI=1S/C7H6N2.C6H13N.C5H11N/c1-2-4-7-6(3-1)5-8-9-7;1-6-3-2-4-7-5-6;1-6-4-2-3-5-6/h1-5H,(H,8,9);6-7H,2-5H2,1H3;2-5H2,1H3. The van der Waals surface area contributed by atoms with Crippen molar-refractivity contribution >= 4 is 10.9 Å². The second-order valence-corrected chi connectivity index (χ2v) is 6.42. The van der Waals surface area contributed by atoms with Crippen LogP contribution in [0.5, 0.6) is 0 Å². The molecule has 1 unspecified atom stereocenters. The summed E-state index contributed by atoms with van der Waals surface area (Å²) in [6.07, 6.45) is 7.44. The molecule has 0 aliphatic carbocycles. The Labute approximate surface area is 134 Å². The number of hydrogen-bond acceptors (Lipinski definition) is 3. The molecule has 4 rings (SSSR count). The minimum absolute atomic E-state index is 0.925. The van der Waals surface area contributed by atoms with E-state index < -0.39 is 0 Å². The second kappa shape index (κ2) is 9.59. The highest BCUT2D eigenvalue weighted by Gasteiger charge is 2.05. The molecule has 2 aromatic rings. The van der Waals surface area contributed by atoms with Gasteiger partial charge in [0.15, 0.2) is 0 Å². The van der Waals surface area contributed by atoms with Gasteiger partial charge in [0.05, 0.1) is 11.7 Å². The Morgan fingerprint density at radius 1 is 1.14 bits per heavy atom. The summed E-state index contributed by atoms with van der Waals surface area (Å²) >= 11 is 0. The molecular weight excluding hydrogens is 272 g/mol. The van der Waals surface area contributed by atoms with Crippen LogP contribution in [0, 0.1) is 5.92 Å². The lowest BCUT2D eigenvalue weighted by atomic mass is 10.0.